The van der Waals surface area contributed by atoms with Gasteiger partial charge in [0, 0.05) is 62.5 Å². The van der Waals surface area contributed by atoms with Crippen LogP contribution in [0.2, 0.25) is 0 Å². The van der Waals surface area contributed by atoms with Crippen LogP contribution in [0.1, 0.15) is 69.2 Å². The zero-order valence-corrected chi connectivity index (χ0v) is 24.8. The summed E-state index contributed by atoms with van der Waals surface area (Å²) in [6, 6.07) is 18.8. The minimum atomic E-state index is -0.412. The molecule has 5 rings (SSSR count). The first kappa shape index (κ1) is 29.3. The Hall–Kier alpha value is -4.18. The summed E-state index contributed by atoms with van der Waals surface area (Å²) in [5, 5.41) is 9.49. The lowest BCUT2D eigenvalue weighted by Crippen LogP contribution is -2.49. The SMILES string of the molecule is CCC(=O)c1cc(F)ccc1N1CCN(C(=O)c2cc(CC3CCN(c4ccccc4C#N)CC3)c(C)cc2C)CC1. The van der Waals surface area contributed by atoms with Crippen LogP contribution in [0.3, 0.4) is 0 Å². The van der Waals surface area contributed by atoms with Crippen molar-refractivity contribution >= 4 is 23.1 Å². The van der Waals surface area contributed by atoms with Crippen molar-refractivity contribution in [2.24, 2.45) is 5.92 Å². The molecular formula is C35H39FN4O2. The van der Waals surface area contributed by atoms with Crippen LogP contribution in [0.5, 0.6) is 0 Å². The molecule has 0 atom stereocenters. The maximum Gasteiger partial charge on any atom is 0.254 e. The van der Waals surface area contributed by atoms with Crippen molar-refractivity contribution in [3.05, 3.63) is 93.8 Å². The first-order chi connectivity index (χ1) is 20.3. The molecule has 2 aliphatic heterocycles. The van der Waals surface area contributed by atoms with Gasteiger partial charge in [0.25, 0.3) is 5.91 Å². The normalized spacial score (nSPS) is 15.9. The smallest absolute Gasteiger partial charge is 0.254 e. The Labute approximate surface area is 248 Å². The van der Waals surface area contributed by atoms with Gasteiger partial charge in [-0.25, -0.2) is 4.39 Å². The predicted octanol–water partition coefficient (Wildman–Crippen LogP) is 6.33. The van der Waals surface area contributed by atoms with Crippen LogP contribution >= 0.6 is 0 Å². The first-order valence-electron chi connectivity index (χ1n) is 15.0. The maximum atomic E-state index is 13.9. The number of anilines is 2. The number of nitriles is 1. The highest BCUT2D eigenvalue weighted by atomic mass is 19.1. The number of halogens is 1. The van der Waals surface area contributed by atoms with E-state index in [4.69, 9.17) is 0 Å². The number of hydrogen-bond donors (Lipinski definition) is 0. The molecular weight excluding hydrogens is 527 g/mol. The number of benzene rings is 3. The van der Waals surface area contributed by atoms with Crippen LogP contribution in [-0.2, 0) is 6.42 Å². The van der Waals surface area contributed by atoms with Crippen LogP contribution < -0.4 is 9.80 Å². The summed E-state index contributed by atoms with van der Waals surface area (Å²) in [6.45, 7) is 10.0. The molecule has 0 aromatic heterocycles. The number of nitrogens with zero attached hydrogens (tertiary/aromatic N) is 4. The number of rotatable bonds is 7. The van der Waals surface area contributed by atoms with Crippen molar-refractivity contribution in [1.29, 1.82) is 5.26 Å². The predicted molar refractivity (Wildman–Crippen MR) is 165 cm³/mol. The minimum Gasteiger partial charge on any atom is -0.370 e. The molecule has 218 valence electrons. The zero-order chi connectivity index (χ0) is 29.8. The number of hydrogen-bond acceptors (Lipinski definition) is 5. The van der Waals surface area contributed by atoms with Gasteiger partial charge in [-0.3, -0.25) is 9.59 Å². The highest BCUT2D eigenvalue weighted by molar-refractivity contribution is 6.01. The van der Waals surface area contributed by atoms with Gasteiger partial charge in [0.15, 0.2) is 5.78 Å². The summed E-state index contributed by atoms with van der Waals surface area (Å²) in [4.78, 5) is 32.5. The monoisotopic (exact) mass is 566 g/mol. The molecule has 0 unspecified atom stereocenters. The van der Waals surface area contributed by atoms with Crippen LogP contribution in [-0.4, -0.2) is 55.9 Å². The van der Waals surface area contributed by atoms with Crippen molar-refractivity contribution < 1.29 is 14.0 Å². The zero-order valence-electron chi connectivity index (χ0n) is 24.8. The number of carbonyl (C=O) groups excluding carboxylic acids is 2. The summed E-state index contributed by atoms with van der Waals surface area (Å²) in [5.74, 6) is 0.0767. The summed E-state index contributed by atoms with van der Waals surface area (Å²) in [7, 11) is 0. The summed E-state index contributed by atoms with van der Waals surface area (Å²) >= 11 is 0. The molecule has 0 saturated carbocycles. The molecule has 7 heteroatoms. The number of piperidine rings is 1. The second kappa shape index (κ2) is 12.8. The molecule has 6 nitrogen and oxygen atoms in total. The minimum absolute atomic E-state index is 0.0419. The molecule has 0 bridgehead atoms. The molecule has 42 heavy (non-hydrogen) atoms. The number of piperazine rings is 1. The number of carbonyl (C=O) groups is 2. The van der Waals surface area contributed by atoms with Gasteiger partial charge < -0.3 is 14.7 Å². The summed E-state index contributed by atoms with van der Waals surface area (Å²) in [6.07, 6.45) is 3.35. The van der Waals surface area contributed by atoms with Crippen molar-refractivity contribution in [3.8, 4) is 6.07 Å². The van der Waals surface area contributed by atoms with Gasteiger partial charge in [-0.2, -0.15) is 5.26 Å². The molecule has 3 aromatic carbocycles. The Bertz CT molecular complexity index is 1510. The Morgan fingerprint density at radius 2 is 1.55 bits per heavy atom. The van der Waals surface area contributed by atoms with E-state index in [1.54, 1.807) is 13.0 Å². The summed E-state index contributed by atoms with van der Waals surface area (Å²) in [5.41, 5.74) is 7.09. The molecule has 1 amide bonds. The molecule has 0 radical (unpaired) electrons. The van der Waals surface area contributed by atoms with Gasteiger partial charge in [0.1, 0.15) is 11.9 Å². The largest absolute Gasteiger partial charge is 0.370 e. The molecule has 0 aliphatic carbocycles. The Morgan fingerprint density at radius 1 is 0.857 bits per heavy atom. The van der Waals surface area contributed by atoms with Crippen LogP contribution in [0.15, 0.2) is 54.6 Å². The molecule has 3 aromatic rings. The fourth-order valence-electron chi connectivity index (χ4n) is 6.40. The number of amides is 1. The van der Waals surface area contributed by atoms with Crippen molar-refractivity contribution in [2.75, 3.05) is 49.1 Å². The second-order valence-electron chi connectivity index (χ2n) is 11.6. The molecule has 0 spiro atoms. The van der Waals surface area contributed by atoms with Crippen LogP contribution in [0.4, 0.5) is 15.8 Å². The van der Waals surface area contributed by atoms with Crippen LogP contribution in [0.25, 0.3) is 0 Å². The van der Waals surface area contributed by atoms with E-state index in [9.17, 15) is 19.2 Å². The topological polar surface area (TPSA) is 67.7 Å². The first-order valence-corrected chi connectivity index (χ1v) is 15.0. The maximum absolute atomic E-state index is 13.9. The Balaban J connectivity index is 1.23. The molecule has 2 fully saturated rings. The molecule has 2 aliphatic rings. The van der Waals surface area contributed by atoms with Gasteiger partial charge in [-0.05, 0) is 92.1 Å². The van der Waals surface area contributed by atoms with E-state index in [1.807, 2.05) is 36.1 Å². The highest BCUT2D eigenvalue weighted by Crippen LogP contribution is 2.30. The van der Waals surface area contributed by atoms with Crippen LogP contribution in [0, 0.1) is 36.9 Å². The van der Waals surface area contributed by atoms with E-state index in [0.717, 1.165) is 60.4 Å². The summed E-state index contributed by atoms with van der Waals surface area (Å²) < 4.78 is 13.9. The fraction of sp³-hybridized carbons (Fsp3) is 0.400. The molecule has 2 saturated heterocycles. The lowest BCUT2D eigenvalue weighted by Gasteiger charge is -2.37. The van der Waals surface area contributed by atoms with E-state index in [0.29, 0.717) is 44.1 Å². The third kappa shape index (κ3) is 6.18. The molecule has 2 heterocycles. The van der Waals surface area contributed by atoms with Crippen molar-refractivity contribution in [3.63, 3.8) is 0 Å². The van der Waals surface area contributed by atoms with E-state index in [-0.39, 0.29) is 11.7 Å². The second-order valence-corrected chi connectivity index (χ2v) is 11.6. The van der Waals surface area contributed by atoms with E-state index >= 15 is 0 Å². The van der Waals surface area contributed by atoms with E-state index in [2.05, 4.69) is 34.9 Å². The quantitative estimate of drug-likeness (QED) is 0.313. The van der Waals surface area contributed by atoms with E-state index in [1.165, 1.54) is 23.3 Å². The third-order valence-corrected chi connectivity index (χ3v) is 8.89. The Kier molecular flexibility index (Phi) is 8.91. The Morgan fingerprint density at radius 3 is 2.24 bits per heavy atom. The standard InChI is InChI=1S/C35H39FN4O2/c1-4-34(41)31-22-29(36)9-10-33(31)39-15-17-40(18-16-39)35(42)30-21-28(24(2)19-25(30)3)20-26-11-13-38(14-12-26)32-8-6-5-7-27(32)23-37/h5-10,19,21-22,26H,4,11-18,20H2,1-3H3. The van der Waals surface area contributed by atoms with Gasteiger partial charge in [-0.15, -0.1) is 0 Å². The third-order valence-electron chi connectivity index (χ3n) is 8.89. The number of aryl methyl sites for hydroxylation is 2. The van der Waals surface area contributed by atoms with Crippen molar-refractivity contribution in [2.45, 2.75) is 46.5 Å². The van der Waals surface area contributed by atoms with Gasteiger partial charge in [0.2, 0.25) is 0 Å². The van der Waals surface area contributed by atoms with Gasteiger partial charge >= 0.3 is 0 Å². The lowest BCUT2D eigenvalue weighted by molar-refractivity contribution is 0.0745. The fourth-order valence-corrected chi connectivity index (χ4v) is 6.40. The number of para-hydroxylation sites is 1. The lowest BCUT2D eigenvalue weighted by atomic mass is 9.86. The van der Waals surface area contributed by atoms with Crippen molar-refractivity contribution in [1.82, 2.24) is 4.90 Å². The van der Waals surface area contributed by atoms with Gasteiger partial charge in [0.05, 0.1) is 11.3 Å². The highest BCUT2D eigenvalue weighted by Gasteiger charge is 2.27. The average Bonchev–Trinajstić information content (AvgIpc) is 3.02. The number of Topliss-reactive ketones (excluding diaryl/α,β-unsaturated/α-hetero) is 1. The van der Waals surface area contributed by atoms with Gasteiger partial charge in [-0.1, -0.05) is 25.1 Å². The number of ketones is 1. The van der Waals surface area contributed by atoms with E-state index < -0.39 is 5.82 Å². The molecule has 0 N–H and O–H groups in total. The average molecular weight is 567 g/mol.